The lowest BCUT2D eigenvalue weighted by atomic mass is 10.1. The van der Waals surface area contributed by atoms with Gasteiger partial charge in [-0.2, -0.15) is 5.26 Å². The molecule has 1 heterocycles. The molecule has 0 saturated heterocycles. The van der Waals surface area contributed by atoms with Crippen LogP contribution in [0.2, 0.25) is 5.15 Å². The third-order valence-electron chi connectivity index (χ3n) is 2.73. The van der Waals surface area contributed by atoms with Crippen LogP contribution in [0.3, 0.4) is 0 Å². The van der Waals surface area contributed by atoms with Crippen molar-refractivity contribution in [1.82, 2.24) is 4.98 Å². The second-order valence-corrected chi connectivity index (χ2v) is 4.62. The molecule has 0 saturated carbocycles. The predicted molar refractivity (Wildman–Crippen MR) is 76.0 cm³/mol. The molecule has 0 spiro atoms. The molecule has 0 radical (unpaired) electrons. The maximum atomic E-state index is 9.10. The summed E-state index contributed by atoms with van der Waals surface area (Å²) in [5.74, 6) is 0.991. The van der Waals surface area contributed by atoms with Crippen molar-refractivity contribution in [3.63, 3.8) is 0 Å². The Bertz CT molecular complexity index is 648. The summed E-state index contributed by atoms with van der Waals surface area (Å²) in [6, 6.07) is 11.0. The van der Waals surface area contributed by atoms with Crippen LogP contribution < -0.4 is 4.74 Å². The summed E-state index contributed by atoms with van der Waals surface area (Å²) < 4.78 is 5.69. The summed E-state index contributed by atoms with van der Waals surface area (Å²) in [7, 11) is 0. The van der Waals surface area contributed by atoms with E-state index in [0.29, 0.717) is 23.6 Å². The standard InChI is InChI=1S/C15H13ClN2O2/c1-10-8-14(13(9-17)15(16)18-10)20-12-4-2-11(3-5-12)6-7-19/h2-5,8,19H,6-7H2,1H3. The van der Waals surface area contributed by atoms with Crippen LogP contribution in [0.25, 0.3) is 0 Å². The Balaban J connectivity index is 2.28. The summed E-state index contributed by atoms with van der Waals surface area (Å²) in [5, 5.41) is 18.1. The zero-order chi connectivity index (χ0) is 14.5. The van der Waals surface area contributed by atoms with Crippen molar-refractivity contribution in [2.75, 3.05) is 6.61 Å². The summed E-state index contributed by atoms with van der Waals surface area (Å²) >= 11 is 5.93. The molecule has 4 nitrogen and oxygen atoms in total. The summed E-state index contributed by atoms with van der Waals surface area (Å²) in [4.78, 5) is 4.02. The van der Waals surface area contributed by atoms with Crippen molar-refractivity contribution in [3.05, 3.63) is 52.3 Å². The topological polar surface area (TPSA) is 66.1 Å². The van der Waals surface area contributed by atoms with E-state index in [1.807, 2.05) is 18.2 Å². The molecule has 0 atom stereocenters. The number of aliphatic hydroxyl groups excluding tert-OH is 1. The molecule has 20 heavy (non-hydrogen) atoms. The number of nitriles is 1. The maximum absolute atomic E-state index is 9.10. The van der Waals surface area contributed by atoms with Gasteiger partial charge in [-0.25, -0.2) is 4.98 Å². The monoisotopic (exact) mass is 288 g/mol. The van der Waals surface area contributed by atoms with Gasteiger partial charge in [0.15, 0.2) is 5.15 Å². The van der Waals surface area contributed by atoms with Crippen molar-refractivity contribution in [1.29, 1.82) is 5.26 Å². The first kappa shape index (κ1) is 14.3. The number of hydrogen-bond acceptors (Lipinski definition) is 4. The van der Waals surface area contributed by atoms with Crippen molar-refractivity contribution in [2.45, 2.75) is 13.3 Å². The molecule has 0 bridgehead atoms. The van der Waals surface area contributed by atoms with Crippen LogP contribution in [-0.2, 0) is 6.42 Å². The quantitative estimate of drug-likeness (QED) is 0.877. The van der Waals surface area contributed by atoms with Crippen LogP contribution in [0.15, 0.2) is 30.3 Å². The number of benzene rings is 1. The molecular weight excluding hydrogens is 276 g/mol. The molecule has 102 valence electrons. The van der Waals surface area contributed by atoms with E-state index in [2.05, 4.69) is 4.98 Å². The van der Waals surface area contributed by atoms with Gasteiger partial charge in [-0.05, 0) is 31.0 Å². The fraction of sp³-hybridized carbons (Fsp3) is 0.200. The minimum absolute atomic E-state index is 0.109. The Morgan fingerprint density at radius 1 is 1.35 bits per heavy atom. The molecule has 0 aliphatic carbocycles. The van der Waals surface area contributed by atoms with E-state index >= 15 is 0 Å². The van der Waals surface area contributed by atoms with Gasteiger partial charge in [-0.15, -0.1) is 0 Å². The number of nitrogens with zero attached hydrogens (tertiary/aromatic N) is 2. The van der Waals surface area contributed by atoms with Crippen molar-refractivity contribution < 1.29 is 9.84 Å². The largest absolute Gasteiger partial charge is 0.456 e. The molecule has 0 fully saturated rings. The Kier molecular flexibility index (Phi) is 4.57. The van der Waals surface area contributed by atoms with Gasteiger partial charge in [-0.1, -0.05) is 23.7 Å². The number of aromatic nitrogens is 1. The SMILES string of the molecule is Cc1cc(Oc2ccc(CCO)cc2)c(C#N)c(Cl)n1. The van der Waals surface area contributed by atoms with Crippen LogP contribution in [0, 0.1) is 18.3 Å². The van der Waals surface area contributed by atoms with Gasteiger partial charge in [0.05, 0.1) is 0 Å². The van der Waals surface area contributed by atoms with Crippen LogP contribution in [0.5, 0.6) is 11.5 Å². The van der Waals surface area contributed by atoms with E-state index in [4.69, 9.17) is 26.7 Å². The number of aryl methyl sites for hydroxylation is 1. The lowest BCUT2D eigenvalue weighted by Gasteiger charge is -2.09. The van der Waals surface area contributed by atoms with Gasteiger partial charge < -0.3 is 9.84 Å². The van der Waals surface area contributed by atoms with E-state index in [-0.39, 0.29) is 17.3 Å². The Labute approximate surface area is 122 Å². The second-order valence-electron chi connectivity index (χ2n) is 4.26. The van der Waals surface area contributed by atoms with Gasteiger partial charge in [0.25, 0.3) is 0 Å². The van der Waals surface area contributed by atoms with E-state index in [9.17, 15) is 0 Å². The maximum Gasteiger partial charge on any atom is 0.150 e. The average molecular weight is 289 g/mol. The van der Waals surface area contributed by atoms with Crippen LogP contribution in [0.4, 0.5) is 0 Å². The van der Waals surface area contributed by atoms with Crippen LogP contribution >= 0.6 is 11.6 Å². The van der Waals surface area contributed by atoms with E-state index in [1.54, 1.807) is 25.1 Å². The van der Waals surface area contributed by atoms with Crippen molar-refractivity contribution >= 4 is 11.6 Å². The van der Waals surface area contributed by atoms with Crippen molar-refractivity contribution in [2.24, 2.45) is 0 Å². The summed E-state index contributed by atoms with van der Waals surface area (Å²) in [5.41, 5.74) is 1.92. The number of halogens is 1. The molecule has 2 aromatic rings. The van der Waals surface area contributed by atoms with E-state index in [1.165, 1.54) is 0 Å². The molecule has 0 aliphatic heterocycles. The molecule has 0 unspecified atom stereocenters. The van der Waals surface area contributed by atoms with Crippen LogP contribution in [-0.4, -0.2) is 16.7 Å². The van der Waals surface area contributed by atoms with Gasteiger partial charge in [-0.3, -0.25) is 0 Å². The smallest absolute Gasteiger partial charge is 0.150 e. The van der Waals surface area contributed by atoms with Gasteiger partial charge in [0, 0.05) is 18.4 Å². The number of pyridine rings is 1. The fourth-order valence-corrected chi connectivity index (χ4v) is 2.04. The molecule has 1 N–H and O–H groups in total. The number of ether oxygens (including phenoxy) is 1. The lowest BCUT2D eigenvalue weighted by Crippen LogP contribution is -1.94. The normalized spacial score (nSPS) is 10.1. The highest BCUT2D eigenvalue weighted by Crippen LogP contribution is 2.29. The highest BCUT2D eigenvalue weighted by atomic mass is 35.5. The van der Waals surface area contributed by atoms with Crippen molar-refractivity contribution in [3.8, 4) is 17.6 Å². The third-order valence-corrected chi connectivity index (χ3v) is 3.00. The number of hydrogen-bond donors (Lipinski definition) is 1. The Morgan fingerprint density at radius 2 is 2.05 bits per heavy atom. The Morgan fingerprint density at radius 3 is 2.65 bits per heavy atom. The first-order chi connectivity index (χ1) is 9.63. The molecule has 1 aromatic heterocycles. The first-order valence-corrected chi connectivity index (χ1v) is 6.46. The van der Waals surface area contributed by atoms with Gasteiger partial charge in [0.2, 0.25) is 0 Å². The average Bonchev–Trinajstić information content (AvgIpc) is 2.41. The van der Waals surface area contributed by atoms with E-state index in [0.717, 1.165) is 5.56 Å². The number of aliphatic hydroxyl groups is 1. The summed E-state index contributed by atoms with van der Waals surface area (Å²) in [6.45, 7) is 1.89. The minimum Gasteiger partial charge on any atom is -0.456 e. The highest BCUT2D eigenvalue weighted by molar-refractivity contribution is 6.30. The molecule has 5 heteroatoms. The second kappa shape index (κ2) is 6.38. The van der Waals surface area contributed by atoms with Gasteiger partial charge in [0.1, 0.15) is 23.1 Å². The zero-order valence-electron chi connectivity index (χ0n) is 10.9. The first-order valence-electron chi connectivity index (χ1n) is 6.09. The predicted octanol–water partition coefficient (Wildman–Crippen LogP) is 3.24. The Hall–Kier alpha value is -2.09. The summed E-state index contributed by atoms with van der Waals surface area (Å²) in [6.07, 6.45) is 0.601. The minimum atomic E-state index is 0.109. The lowest BCUT2D eigenvalue weighted by molar-refractivity contribution is 0.299. The molecular formula is C15H13ClN2O2. The molecule has 0 aliphatic rings. The molecule has 0 amide bonds. The zero-order valence-corrected chi connectivity index (χ0v) is 11.7. The van der Waals surface area contributed by atoms with Crippen LogP contribution in [0.1, 0.15) is 16.8 Å². The fourth-order valence-electron chi connectivity index (χ4n) is 1.77. The van der Waals surface area contributed by atoms with Gasteiger partial charge >= 0.3 is 0 Å². The molecule has 1 aromatic carbocycles. The third kappa shape index (κ3) is 3.27. The number of rotatable bonds is 4. The molecule has 2 rings (SSSR count). The highest BCUT2D eigenvalue weighted by Gasteiger charge is 2.11. The van der Waals surface area contributed by atoms with E-state index < -0.39 is 0 Å².